The van der Waals surface area contributed by atoms with Crippen molar-refractivity contribution in [2.45, 2.75) is 33.2 Å². The predicted molar refractivity (Wildman–Crippen MR) is 121 cm³/mol. The lowest BCUT2D eigenvalue weighted by Gasteiger charge is -2.26. The van der Waals surface area contributed by atoms with E-state index in [1.807, 2.05) is 49.4 Å². The van der Waals surface area contributed by atoms with Gasteiger partial charge in [0.1, 0.15) is 19.0 Å². The lowest BCUT2D eigenvalue weighted by molar-refractivity contribution is -0.127. The number of nitrogens with one attached hydrogen (secondary N) is 1. The summed E-state index contributed by atoms with van der Waals surface area (Å²) in [5.41, 5.74) is 1.74. The highest BCUT2D eigenvalue weighted by molar-refractivity contribution is 6.00. The van der Waals surface area contributed by atoms with E-state index in [-0.39, 0.29) is 30.2 Å². The first kappa shape index (κ1) is 22.0. The van der Waals surface area contributed by atoms with E-state index in [1.54, 1.807) is 4.90 Å². The third kappa shape index (κ3) is 4.66. The number of ether oxygens (including phenoxy) is 3. The van der Waals surface area contributed by atoms with E-state index in [4.69, 9.17) is 14.2 Å². The number of nitrogens with zero attached hydrogens (tertiary/aromatic N) is 1. The molecule has 0 radical (unpaired) electrons. The fourth-order valence-corrected chi connectivity index (χ4v) is 4.18. The van der Waals surface area contributed by atoms with Crippen LogP contribution in [-0.2, 0) is 9.59 Å². The van der Waals surface area contributed by atoms with Crippen molar-refractivity contribution < 1.29 is 23.8 Å². The van der Waals surface area contributed by atoms with Crippen molar-refractivity contribution >= 4 is 17.5 Å². The maximum absolute atomic E-state index is 13.1. The van der Waals surface area contributed by atoms with Crippen molar-refractivity contribution in [3.63, 3.8) is 0 Å². The highest BCUT2D eigenvalue weighted by Crippen LogP contribution is 2.35. The van der Waals surface area contributed by atoms with Crippen LogP contribution in [0.1, 0.15) is 38.8 Å². The number of carbonyl (C=O) groups excluding carboxylic acids is 2. The van der Waals surface area contributed by atoms with Gasteiger partial charge in [0.05, 0.1) is 18.6 Å². The number of rotatable bonds is 7. The second kappa shape index (κ2) is 9.51. The molecule has 2 aliphatic rings. The van der Waals surface area contributed by atoms with Gasteiger partial charge in [0, 0.05) is 18.7 Å². The monoisotopic (exact) mass is 438 g/mol. The van der Waals surface area contributed by atoms with E-state index in [1.165, 1.54) is 0 Å². The van der Waals surface area contributed by atoms with Gasteiger partial charge in [0.25, 0.3) is 0 Å². The van der Waals surface area contributed by atoms with Crippen LogP contribution >= 0.6 is 0 Å². The summed E-state index contributed by atoms with van der Waals surface area (Å²) in [4.78, 5) is 27.4. The van der Waals surface area contributed by atoms with Crippen molar-refractivity contribution in [1.29, 1.82) is 0 Å². The Kier molecular flexibility index (Phi) is 6.53. The van der Waals surface area contributed by atoms with Crippen LogP contribution in [0, 0.1) is 11.8 Å². The van der Waals surface area contributed by atoms with Gasteiger partial charge in [-0.1, -0.05) is 19.9 Å². The molecule has 2 unspecified atom stereocenters. The second-order valence-electron chi connectivity index (χ2n) is 8.47. The zero-order chi connectivity index (χ0) is 22.7. The van der Waals surface area contributed by atoms with Gasteiger partial charge in [0.2, 0.25) is 11.8 Å². The average molecular weight is 439 g/mol. The van der Waals surface area contributed by atoms with Crippen molar-refractivity contribution in [3.05, 3.63) is 48.0 Å². The first-order valence-corrected chi connectivity index (χ1v) is 11.2. The molecule has 32 heavy (non-hydrogen) atoms. The number of hydrogen-bond acceptors (Lipinski definition) is 5. The Labute approximate surface area is 188 Å². The summed E-state index contributed by atoms with van der Waals surface area (Å²) in [5, 5.41) is 3.17. The van der Waals surface area contributed by atoms with Crippen molar-refractivity contribution in [2.24, 2.45) is 11.8 Å². The molecular weight excluding hydrogens is 408 g/mol. The standard InChI is InChI=1S/C25H30N2O5/c1-4-30-20-8-6-19(7-9-20)27-15-18(14-23(27)28)25(29)26-24(16(2)3)17-5-10-21-22(13-17)32-12-11-31-21/h5-10,13,16,18,24H,4,11-12,14-15H2,1-3H3,(H,26,29). The molecule has 0 spiro atoms. The molecule has 0 aliphatic carbocycles. The number of carbonyl (C=O) groups is 2. The van der Waals surface area contributed by atoms with Gasteiger partial charge < -0.3 is 24.4 Å². The third-order valence-electron chi connectivity index (χ3n) is 5.85. The quantitative estimate of drug-likeness (QED) is 0.713. The lowest BCUT2D eigenvalue weighted by atomic mass is 9.94. The maximum Gasteiger partial charge on any atom is 0.227 e. The fourth-order valence-electron chi connectivity index (χ4n) is 4.18. The molecule has 2 aromatic rings. The van der Waals surface area contributed by atoms with Gasteiger partial charge in [-0.05, 0) is 54.8 Å². The van der Waals surface area contributed by atoms with Crippen LogP contribution in [0.15, 0.2) is 42.5 Å². The number of hydrogen-bond donors (Lipinski definition) is 1. The Morgan fingerprint density at radius 1 is 1.12 bits per heavy atom. The summed E-state index contributed by atoms with van der Waals surface area (Å²) in [7, 11) is 0. The van der Waals surface area contributed by atoms with E-state index in [9.17, 15) is 9.59 Å². The Morgan fingerprint density at radius 2 is 1.84 bits per heavy atom. The Balaban J connectivity index is 1.44. The van der Waals surface area contributed by atoms with Crippen LogP contribution in [-0.4, -0.2) is 38.2 Å². The van der Waals surface area contributed by atoms with Gasteiger partial charge in [-0.25, -0.2) is 0 Å². The van der Waals surface area contributed by atoms with Crippen molar-refractivity contribution in [2.75, 3.05) is 31.3 Å². The Morgan fingerprint density at radius 3 is 2.53 bits per heavy atom. The molecule has 0 bridgehead atoms. The number of benzene rings is 2. The molecule has 0 aromatic heterocycles. The molecule has 2 aliphatic heterocycles. The smallest absolute Gasteiger partial charge is 0.227 e. The zero-order valence-corrected chi connectivity index (χ0v) is 18.8. The molecule has 2 atom stereocenters. The molecule has 2 amide bonds. The SMILES string of the molecule is CCOc1ccc(N2CC(C(=O)NC(c3ccc4c(c3)OCCO4)C(C)C)CC2=O)cc1. The van der Waals surface area contributed by atoms with Crippen LogP contribution in [0.2, 0.25) is 0 Å². The molecule has 1 N–H and O–H groups in total. The molecule has 1 fully saturated rings. The van der Waals surface area contributed by atoms with Crippen LogP contribution in [0.3, 0.4) is 0 Å². The van der Waals surface area contributed by atoms with Gasteiger partial charge in [-0.15, -0.1) is 0 Å². The van der Waals surface area contributed by atoms with Crippen LogP contribution in [0.5, 0.6) is 17.2 Å². The largest absolute Gasteiger partial charge is 0.494 e. The van der Waals surface area contributed by atoms with E-state index < -0.39 is 5.92 Å². The molecule has 4 rings (SSSR count). The first-order valence-electron chi connectivity index (χ1n) is 11.2. The highest BCUT2D eigenvalue weighted by atomic mass is 16.6. The minimum absolute atomic E-state index is 0.0465. The summed E-state index contributed by atoms with van der Waals surface area (Å²) in [5.74, 6) is 1.80. The van der Waals surface area contributed by atoms with Crippen LogP contribution in [0.25, 0.3) is 0 Å². The highest BCUT2D eigenvalue weighted by Gasteiger charge is 2.36. The van der Waals surface area contributed by atoms with Crippen molar-refractivity contribution in [3.8, 4) is 17.2 Å². The molecule has 0 saturated carbocycles. The average Bonchev–Trinajstić information content (AvgIpc) is 3.19. The normalized spacial score (nSPS) is 18.6. The van der Waals surface area contributed by atoms with E-state index in [0.717, 1.165) is 22.7 Å². The van der Waals surface area contributed by atoms with Crippen LogP contribution in [0.4, 0.5) is 5.69 Å². The Bertz CT molecular complexity index is 973. The molecule has 2 aromatic carbocycles. The first-order chi connectivity index (χ1) is 15.5. The lowest BCUT2D eigenvalue weighted by Crippen LogP contribution is -2.37. The number of anilines is 1. The minimum Gasteiger partial charge on any atom is -0.494 e. The topological polar surface area (TPSA) is 77.1 Å². The summed E-state index contributed by atoms with van der Waals surface area (Å²) in [6.45, 7) is 8.06. The van der Waals surface area contributed by atoms with Gasteiger partial charge in [0.15, 0.2) is 11.5 Å². The van der Waals surface area contributed by atoms with E-state index >= 15 is 0 Å². The van der Waals surface area contributed by atoms with Crippen LogP contribution < -0.4 is 24.4 Å². The molecular formula is C25H30N2O5. The van der Waals surface area contributed by atoms with Gasteiger partial charge >= 0.3 is 0 Å². The maximum atomic E-state index is 13.1. The fraction of sp³-hybridized carbons (Fsp3) is 0.440. The molecule has 7 nitrogen and oxygen atoms in total. The number of amides is 2. The van der Waals surface area contributed by atoms with Gasteiger partial charge in [-0.3, -0.25) is 9.59 Å². The van der Waals surface area contributed by atoms with Crippen molar-refractivity contribution in [1.82, 2.24) is 5.32 Å². The Hall–Kier alpha value is -3.22. The number of fused-ring (bicyclic) bond motifs is 1. The zero-order valence-electron chi connectivity index (χ0n) is 18.8. The summed E-state index contributed by atoms with van der Waals surface area (Å²) >= 11 is 0. The van der Waals surface area contributed by atoms with E-state index in [2.05, 4.69) is 19.2 Å². The summed E-state index contributed by atoms with van der Waals surface area (Å²) in [6.07, 6.45) is 0.199. The molecule has 1 saturated heterocycles. The molecule has 170 valence electrons. The molecule has 2 heterocycles. The van der Waals surface area contributed by atoms with Gasteiger partial charge in [-0.2, -0.15) is 0 Å². The second-order valence-corrected chi connectivity index (χ2v) is 8.47. The summed E-state index contributed by atoms with van der Waals surface area (Å²) in [6, 6.07) is 13.0. The molecule has 7 heteroatoms. The summed E-state index contributed by atoms with van der Waals surface area (Å²) < 4.78 is 16.8. The minimum atomic E-state index is -0.396. The van der Waals surface area contributed by atoms with E-state index in [0.29, 0.717) is 32.1 Å². The third-order valence-corrected chi connectivity index (χ3v) is 5.85. The predicted octanol–water partition coefficient (Wildman–Crippen LogP) is 3.72.